The smallest absolute Gasteiger partial charge is 0.225 e. The second-order valence-corrected chi connectivity index (χ2v) is 7.81. The maximum absolute atomic E-state index is 13.2. The molecule has 1 aromatic carbocycles. The van der Waals surface area contributed by atoms with E-state index in [1.165, 1.54) is 37.8 Å². The first-order chi connectivity index (χ1) is 12.1. The molecule has 7 heteroatoms. The molecule has 144 valence electrons. The Balaban J connectivity index is 0.00000243. The standard InChI is InChI=1S/C19H26FN3OS.ClH/c1-14(24)23(17-11-9-15(20)10-12-17)18-13-25-19(22(18)2)21-16-7-5-3-4-6-8-16;/h9-12,16,18H,3-8,13H2,1-2H3;1H. The van der Waals surface area contributed by atoms with Crippen LogP contribution in [0.5, 0.6) is 0 Å². The first-order valence-electron chi connectivity index (χ1n) is 9.05. The molecule has 1 amide bonds. The van der Waals surface area contributed by atoms with Crippen LogP contribution >= 0.6 is 24.2 Å². The Morgan fingerprint density at radius 2 is 1.81 bits per heavy atom. The minimum atomic E-state index is -0.294. The van der Waals surface area contributed by atoms with E-state index in [1.54, 1.807) is 35.7 Å². The average molecular weight is 400 g/mol. The number of benzene rings is 1. The summed E-state index contributed by atoms with van der Waals surface area (Å²) in [6.07, 6.45) is 7.39. The summed E-state index contributed by atoms with van der Waals surface area (Å²) in [4.78, 5) is 21.1. The van der Waals surface area contributed by atoms with Crippen molar-refractivity contribution in [3.05, 3.63) is 30.1 Å². The third-order valence-electron chi connectivity index (χ3n) is 4.97. The SMILES string of the molecule is CC(=O)N(c1ccc(F)cc1)C1CSC(=NC2CCCCCC2)N1C.Cl. The maximum Gasteiger partial charge on any atom is 0.225 e. The molecule has 4 nitrogen and oxygen atoms in total. The van der Waals surface area contributed by atoms with Crippen LogP contribution < -0.4 is 4.90 Å². The van der Waals surface area contributed by atoms with Crippen molar-refractivity contribution in [3.8, 4) is 0 Å². The van der Waals surface area contributed by atoms with Crippen LogP contribution in [0.25, 0.3) is 0 Å². The van der Waals surface area contributed by atoms with Gasteiger partial charge in [-0.3, -0.25) is 14.7 Å². The topological polar surface area (TPSA) is 35.9 Å². The molecule has 0 bridgehead atoms. The van der Waals surface area contributed by atoms with Gasteiger partial charge in [0.15, 0.2) is 5.17 Å². The van der Waals surface area contributed by atoms with Crippen LogP contribution in [-0.2, 0) is 4.79 Å². The highest BCUT2D eigenvalue weighted by Crippen LogP contribution is 2.31. The third kappa shape index (κ3) is 4.92. The minimum Gasteiger partial charge on any atom is -0.333 e. The van der Waals surface area contributed by atoms with Gasteiger partial charge in [0.05, 0.1) is 6.04 Å². The van der Waals surface area contributed by atoms with E-state index in [2.05, 4.69) is 4.90 Å². The Morgan fingerprint density at radius 1 is 1.19 bits per heavy atom. The largest absolute Gasteiger partial charge is 0.333 e. The number of carbonyl (C=O) groups excluding carboxylic acids is 1. The molecule has 0 aromatic heterocycles. The molecule has 1 saturated carbocycles. The number of halogens is 2. The first-order valence-corrected chi connectivity index (χ1v) is 10.0. The van der Waals surface area contributed by atoms with E-state index < -0.39 is 0 Å². The van der Waals surface area contributed by atoms with Gasteiger partial charge in [0.1, 0.15) is 12.0 Å². The van der Waals surface area contributed by atoms with E-state index in [1.807, 2.05) is 7.05 Å². The van der Waals surface area contributed by atoms with Gasteiger partial charge < -0.3 is 4.90 Å². The zero-order valence-corrected chi connectivity index (χ0v) is 17.0. The zero-order valence-electron chi connectivity index (χ0n) is 15.4. The maximum atomic E-state index is 13.2. The van der Waals surface area contributed by atoms with Crippen molar-refractivity contribution in [1.82, 2.24) is 4.90 Å². The Hall–Kier alpha value is -1.27. The highest BCUT2D eigenvalue weighted by molar-refractivity contribution is 8.14. The highest BCUT2D eigenvalue weighted by atomic mass is 35.5. The molecule has 0 spiro atoms. The number of hydrogen-bond donors (Lipinski definition) is 0. The molecule has 1 saturated heterocycles. The molecular weight excluding hydrogens is 373 g/mol. The number of carbonyl (C=O) groups is 1. The average Bonchev–Trinajstić information content (AvgIpc) is 2.78. The quantitative estimate of drug-likeness (QED) is 0.692. The van der Waals surface area contributed by atoms with Gasteiger partial charge in [0.2, 0.25) is 5.91 Å². The van der Waals surface area contributed by atoms with Crippen molar-refractivity contribution in [2.45, 2.75) is 57.7 Å². The molecule has 2 fully saturated rings. The van der Waals surface area contributed by atoms with Gasteiger partial charge in [0, 0.05) is 25.4 Å². The van der Waals surface area contributed by atoms with Crippen molar-refractivity contribution in [2.75, 3.05) is 17.7 Å². The van der Waals surface area contributed by atoms with Crippen molar-refractivity contribution in [1.29, 1.82) is 0 Å². The molecule has 1 heterocycles. The van der Waals surface area contributed by atoms with E-state index in [0.717, 1.165) is 29.4 Å². The summed E-state index contributed by atoms with van der Waals surface area (Å²) in [7, 11) is 2.00. The number of hydrogen-bond acceptors (Lipinski definition) is 3. The fraction of sp³-hybridized carbons (Fsp3) is 0.579. The normalized spacial score (nSPS) is 22.8. The number of amides is 1. The fourth-order valence-electron chi connectivity index (χ4n) is 3.57. The summed E-state index contributed by atoms with van der Waals surface area (Å²) < 4.78 is 13.2. The van der Waals surface area contributed by atoms with Gasteiger partial charge in [-0.1, -0.05) is 37.4 Å². The van der Waals surface area contributed by atoms with Crippen LogP contribution in [-0.4, -0.2) is 41.0 Å². The molecule has 0 N–H and O–H groups in total. The molecule has 26 heavy (non-hydrogen) atoms. The number of nitrogens with zero attached hydrogens (tertiary/aromatic N) is 3. The molecular formula is C19H27ClFN3OS. The van der Waals surface area contributed by atoms with E-state index in [-0.39, 0.29) is 30.3 Å². The summed E-state index contributed by atoms with van der Waals surface area (Å²) in [5.41, 5.74) is 0.724. The molecule has 3 rings (SSSR count). The number of aliphatic imine (C=N–C) groups is 1. The van der Waals surface area contributed by atoms with Crippen molar-refractivity contribution in [2.24, 2.45) is 4.99 Å². The summed E-state index contributed by atoms with van der Waals surface area (Å²) >= 11 is 1.71. The van der Waals surface area contributed by atoms with Gasteiger partial charge >= 0.3 is 0 Å². The number of thioether (sulfide) groups is 1. The molecule has 1 aromatic rings. The highest BCUT2D eigenvalue weighted by Gasteiger charge is 2.34. The van der Waals surface area contributed by atoms with Crippen LogP contribution in [0.4, 0.5) is 10.1 Å². The lowest BCUT2D eigenvalue weighted by Gasteiger charge is -2.33. The summed E-state index contributed by atoms with van der Waals surface area (Å²) in [6.45, 7) is 1.56. The van der Waals surface area contributed by atoms with Gasteiger partial charge in [0.25, 0.3) is 0 Å². The fourth-order valence-corrected chi connectivity index (χ4v) is 4.79. The minimum absolute atomic E-state index is 0. The van der Waals surface area contributed by atoms with Gasteiger partial charge in [-0.05, 0) is 37.1 Å². The van der Waals surface area contributed by atoms with Crippen molar-refractivity contribution < 1.29 is 9.18 Å². The van der Waals surface area contributed by atoms with E-state index in [0.29, 0.717) is 6.04 Å². The molecule has 1 aliphatic carbocycles. The third-order valence-corrected chi connectivity index (χ3v) is 6.09. The van der Waals surface area contributed by atoms with Gasteiger partial charge in [-0.25, -0.2) is 4.39 Å². The second kappa shape index (κ2) is 9.60. The van der Waals surface area contributed by atoms with Gasteiger partial charge in [-0.2, -0.15) is 0 Å². The van der Waals surface area contributed by atoms with E-state index >= 15 is 0 Å². The molecule has 1 aliphatic heterocycles. The number of rotatable bonds is 3. The molecule has 0 radical (unpaired) electrons. The monoisotopic (exact) mass is 399 g/mol. The van der Waals surface area contributed by atoms with E-state index in [4.69, 9.17) is 4.99 Å². The predicted molar refractivity (Wildman–Crippen MR) is 110 cm³/mol. The predicted octanol–water partition coefficient (Wildman–Crippen LogP) is 4.68. The summed E-state index contributed by atoms with van der Waals surface area (Å²) in [5.74, 6) is 0.440. The van der Waals surface area contributed by atoms with Crippen LogP contribution in [0.1, 0.15) is 45.4 Å². The van der Waals surface area contributed by atoms with E-state index in [9.17, 15) is 9.18 Å². The molecule has 2 aliphatic rings. The van der Waals surface area contributed by atoms with Crippen molar-refractivity contribution in [3.63, 3.8) is 0 Å². The first kappa shape index (κ1) is 21.0. The Kier molecular flexibility index (Phi) is 7.77. The molecule has 1 atom stereocenters. The lowest BCUT2D eigenvalue weighted by Crippen LogP contribution is -2.48. The molecule has 1 unspecified atom stereocenters. The van der Waals surface area contributed by atoms with Crippen LogP contribution in [0.15, 0.2) is 29.3 Å². The lowest BCUT2D eigenvalue weighted by atomic mass is 10.1. The lowest BCUT2D eigenvalue weighted by molar-refractivity contribution is -0.117. The Labute approximate surface area is 165 Å². The number of amidine groups is 1. The summed E-state index contributed by atoms with van der Waals surface area (Å²) in [5, 5.41) is 1.02. The Bertz CT molecular complexity index is 632. The second-order valence-electron chi connectivity index (χ2n) is 6.83. The number of anilines is 1. The van der Waals surface area contributed by atoms with Crippen LogP contribution in [0.2, 0.25) is 0 Å². The van der Waals surface area contributed by atoms with Crippen LogP contribution in [0, 0.1) is 5.82 Å². The zero-order chi connectivity index (χ0) is 17.8. The van der Waals surface area contributed by atoms with Crippen molar-refractivity contribution >= 4 is 40.9 Å². The van der Waals surface area contributed by atoms with Crippen LogP contribution in [0.3, 0.4) is 0 Å². The Morgan fingerprint density at radius 3 is 2.38 bits per heavy atom. The summed E-state index contributed by atoms with van der Waals surface area (Å²) in [6, 6.07) is 6.52. The van der Waals surface area contributed by atoms with Gasteiger partial charge in [-0.15, -0.1) is 12.4 Å².